The summed E-state index contributed by atoms with van der Waals surface area (Å²) in [6.45, 7) is 3.94. The van der Waals surface area contributed by atoms with Crippen molar-refractivity contribution >= 4 is 5.91 Å². The van der Waals surface area contributed by atoms with Crippen LogP contribution in [0.25, 0.3) is 0 Å². The van der Waals surface area contributed by atoms with Crippen molar-refractivity contribution in [1.82, 2.24) is 10.2 Å². The number of halogens is 1. The molecule has 1 aromatic carbocycles. The molecule has 1 saturated heterocycles. The average molecular weight is 278 g/mol. The van der Waals surface area contributed by atoms with E-state index in [4.69, 9.17) is 0 Å². The van der Waals surface area contributed by atoms with Gasteiger partial charge in [-0.25, -0.2) is 4.39 Å². The lowest BCUT2D eigenvalue weighted by molar-refractivity contribution is -0.133. The lowest BCUT2D eigenvalue weighted by Crippen LogP contribution is -2.45. The Morgan fingerprint density at radius 3 is 2.55 bits per heavy atom. The van der Waals surface area contributed by atoms with Gasteiger partial charge in [-0.3, -0.25) is 4.79 Å². The maximum absolute atomic E-state index is 13.5. The van der Waals surface area contributed by atoms with Crippen molar-refractivity contribution < 1.29 is 9.18 Å². The minimum Gasteiger partial charge on any atom is -0.341 e. The number of nitrogens with one attached hydrogen (secondary N) is 1. The quantitative estimate of drug-likeness (QED) is 0.918. The number of likely N-dealkylation sites (tertiary alicyclic amines) is 1. The van der Waals surface area contributed by atoms with Crippen molar-refractivity contribution in [3.8, 4) is 0 Å². The first-order valence-electron chi connectivity index (χ1n) is 7.44. The summed E-state index contributed by atoms with van der Waals surface area (Å²) in [6, 6.07) is 6.39. The van der Waals surface area contributed by atoms with Crippen LogP contribution in [0.3, 0.4) is 0 Å². The minimum absolute atomic E-state index is 0.128. The van der Waals surface area contributed by atoms with Crippen LogP contribution in [-0.2, 0) is 11.3 Å². The van der Waals surface area contributed by atoms with E-state index in [0.29, 0.717) is 12.1 Å². The van der Waals surface area contributed by atoms with E-state index in [-0.39, 0.29) is 17.8 Å². The van der Waals surface area contributed by atoms with Crippen molar-refractivity contribution in [3.63, 3.8) is 0 Å². The molecule has 1 N–H and O–H groups in total. The maximum Gasteiger partial charge on any atom is 0.239 e. The number of carbonyl (C=O) groups is 1. The topological polar surface area (TPSA) is 32.3 Å². The van der Waals surface area contributed by atoms with Gasteiger partial charge in [-0.05, 0) is 25.8 Å². The first-order valence-corrected chi connectivity index (χ1v) is 7.44. The Labute approximate surface area is 120 Å². The molecule has 1 aliphatic rings. The predicted octanol–water partition coefficient (Wildman–Crippen LogP) is 2.71. The molecule has 1 amide bonds. The summed E-state index contributed by atoms with van der Waals surface area (Å²) < 4.78 is 13.5. The van der Waals surface area contributed by atoms with E-state index in [9.17, 15) is 9.18 Å². The van der Waals surface area contributed by atoms with Gasteiger partial charge in [0.05, 0.1) is 6.04 Å². The summed E-state index contributed by atoms with van der Waals surface area (Å²) in [5.41, 5.74) is 0.600. The van der Waals surface area contributed by atoms with Crippen LogP contribution >= 0.6 is 0 Å². The summed E-state index contributed by atoms with van der Waals surface area (Å²) in [4.78, 5) is 14.3. The number of nitrogens with zero attached hydrogens (tertiary/aromatic N) is 1. The number of rotatable bonds is 4. The van der Waals surface area contributed by atoms with E-state index in [1.54, 1.807) is 18.2 Å². The molecule has 1 fully saturated rings. The van der Waals surface area contributed by atoms with Crippen LogP contribution in [0.1, 0.15) is 38.2 Å². The Morgan fingerprint density at radius 1 is 1.25 bits per heavy atom. The van der Waals surface area contributed by atoms with Crippen LogP contribution < -0.4 is 5.32 Å². The summed E-state index contributed by atoms with van der Waals surface area (Å²) >= 11 is 0. The Kier molecular flexibility index (Phi) is 5.53. The van der Waals surface area contributed by atoms with Gasteiger partial charge < -0.3 is 10.2 Å². The second-order valence-corrected chi connectivity index (χ2v) is 5.43. The standard InChI is InChI=1S/C16H23FN2O/c1-13(16(20)19-10-6-2-3-7-11-19)18-12-14-8-4-5-9-15(14)17/h4-5,8-9,13,18H,2-3,6-7,10-12H2,1H3. The minimum atomic E-state index is -0.271. The summed E-state index contributed by atoms with van der Waals surface area (Å²) in [7, 11) is 0. The maximum atomic E-state index is 13.5. The van der Waals surface area contributed by atoms with Gasteiger partial charge in [-0.15, -0.1) is 0 Å². The Balaban J connectivity index is 1.86. The van der Waals surface area contributed by atoms with Crippen LogP contribution in [0, 0.1) is 5.82 Å². The highest BCUT2D eigenvalue weighted by Gasteiger charge is 2.21. The normalized spacial score (nSPS) is 17.6. The van der Waals surface area contributed by atoms with Crippen molar-refractivity contribution in [2.24, 2.45) is 0 Å². The molecule has 0 radical (unpaired) electrons. The Bertz CT molecular complexity index is 442. The average Bonchev–Trinajstić information content (AvgIpc) is 2.74. The molecule has 20 heavy (non-hydrogen) atoms. The van der Waals surface area contributed by atoms with Gasteiger partial charge >= 0.3 is 0 Å². The number of hydrogen-bond acceptors (Lipinski definition) is 2. The van der Waals surface area contributed by atoms with Crippen molar-refractivity contribution in [1.29, 1.82) is 0 Å². The van der Waals surface area contributed by atoms with Gasteiger partial charge in [0.2, 0.25) is 5.91 Å². The zero-order valence-electron chi connectivity index (χ0n) is 12.1. The molecule has 0 aromatic heterocycles. The van der Waals surface area contributed by atoms with Crippen LogP contribution in [-0.4, -0.2) is 29.9 Å². The molecule has 1 aromatic rings. The molecule has 1 heterocycles. The summed E-state index contributed by atoms with van der Waals surface area (Å²) in [5, 5.41) is 3.13. The van der Waals surface area contributed by atoms with Gasteiger partial charge in [-0.1, -0.05) is 31.0 Å². The van der Waals surface area contributed by atoms with E-state index in [1.807, 2.05) is 11.8 Å². The summed E-state index contributed by atoms with van der Waals surface area (Å²) in [6.07, 6.45) is 4.60. The fraction of sp³-hybridized carbons (Fsp3) is 0.562. The Morgan fingerprint density at radius 2 is 1.90 bits per heavy atom. The molecule has 0 aliphatic carbocycles. The predicted molar refractivity (Wildman–Crippen MR) is 77.7 cm³/mol. The third kappa shape index (κ3) is 4.04. The highest BCUT2D eigenvalue weighted by molar-refractivity contribution is 5.81. The van der Waals surface area contributed by atoms with Crippen molar-refractivity contribution in [3.05, 3.63) is 35.6 Å². The highest BCUT2D eigenvalue weighted by atomic mass is 19.1. The Hall–Kier alpha value is -1.42. The summed E-state index contributed by atoms with van der Waals surface area (Å²) in [5.74, 6) is -0.0994. The molecule has 1 atom stereocenters. The smallest absolute Gasteiger partial charge is 0.239 e. The molecular formula is C16H23FN2O. The zero-order valence-corrected chi connectivity index (χ0v) is 12.1. The van der Waals surface area contributed by atoms with Gasteiger partial charge in [0.25, 0.3) is 0 Å². The van der Waals surface area contributed by atoms with Crippen LogP contribution in [0.2, 0.25) is 0 Å². The molecule has 4 heteroatoms. The highest BCUT2D eigenvalue weighted by Crippen LogP contribution is 2.11. The number of hydrogen-bond donors (Lipinski definition) is 1. The second-order valence-electron chi connectivity index (χ2n) is 5.43. The fourth-order valence-corrected chi connectivity index (χ4v) is 2.56. The first kappa shape index (κ1) is 15.0. The van der Waals surface area contributed by atoms with Crippen LogP contribution in [0.4, 0.5) is 4.39 Å². The monoisotopic (exact) mass is 278 g/mol. The second kappa shape index (κ2) is 7.39. The van der Waals surface area contributed by atoms with Crippen LogP contribution in [0.15, 0.2) is 24.3 Å². The van der Waals surface area contributed by atoms with Gasteiger partial charge in [0.1, 0.15) is 5.82 Å². The molecule has 2 rings (SSSR count). The number of amides is 1. The van der Waals surface area contributed by atoms with E-state index in [0.717, 1.165) is 25.9 Å². The van der Waals surface area contributed by atoms with Gasteiger partial charge in [0.15, 0.2) is 0 Å². The van der Waals surface area contributed by atoms with Crippen molar-refractivity contribution in [2.45, 2.75) is 45.2 Å². The largest absolute Gasteiger partial charge is 0.341 e. The molecule has 3 nitrogen and oxygen atoms in total. The van der Waals surface area contributed by atoms with Gasteiger partial charge in [0, 0.05) is 25.2 Å². The third-order valence-electron chi connectivity index (χ3n) is 3.84. The van der Waals surface area contributed by atoms with Crippen LogP contribution in [0.5, 0.6) is 0 Å². The van der Waals surface area contributed by atoms with E-state index >= 15 is 0 Å². The SMILES string of the molecule is CC(NCc1ccccc1F)C(=O)N1CCCCCC1. The molecule has 0 saturated carbocycles. The third-order valence-corrected chi connectivity index (χ3v) is 3.84. The number of benzene rings is 1. The van der Waals surface area contributed by atoms with E-state index in [2.05, 4.69) is 5.32 Å². The molecule has 110 valence electrons. The lowest BCUT2D eigenvalue weighted by atomic mass is 10.2. The molecule has 1 aliphatic heterocycles. The van der Waals surface area contributed by atoms with Crippen molar-refractivity contribution in [2.75, 3.05) is 13.1 Å². The molecule has 0 spiro atoms. The van der Waals surface area contributed by atoms with E-state index < -0.39 is 0 Å². The van der Waals surface area contributed by atoms with Gasteiger partial charge in [-0.2, -0.15) is 0 Å². The fourth-order valence-electron chi connectivity index (χ4n) is 2.56. The molecule has 0 bridgehead atoms. The first-order chi connectivity index (χ1) is 9.68. The molecular weight excluding hydrogens is 255 g/mol. The molecule has 1 unspecified atom stereocenters. The van der Waals surface area contributed by atoms with E-state index in [1.165, 1.54) is 18.9 Å². The zero-order chi connectivity index (χ0) is 14.4. The number of carbonyl (C=O) groups excluding carboxylic acids is 1. The lowest BCUT2D eigenvalue weighted by Gasteiger charge is -2.24.